The van der Waals surface area contributed by atoms with Crippen molar-refractivity contribution >= 4 is 22.8 Å². The fraction of sp³-hybridized carbons (Fsp3) is 0.227. The summed E-state index contributed by atoms with van der Waals surface area (Å²) in [6.07, 6.45) is 3.32. The molecule has 0 radical (unpaired) electrons. The maximum atomic E-state index is 12.3. The van der Waals surface area contributed by atoms with Crippen LogP contribution in [-0.4, -0.2) is 37.7 Å². The first-order valence-corrected chi connectivity index (χ1v) is 9.77. The van der Waals surface area contributed by atoms with Gasteiger partial charge >= 0.3 is 0 Å². The normalized spacial score (nSPS) is 13.4. The molecule has 1 N–H and O–H groups in total. The second-order valence-corrected chi connectivity index (χ2v) is 7.31. The number of fused-ring (bicyclic) bond motifs is 1. The lowest BCUT2D eigenvalue weighted by atomic mass is 10.2. The molecule has 150 valence electrons. The number of amides is 1. The Morgan fingerprint density at radius 1 is 1.17 bits per heavy atom. The van der Waals surface area contributed by atoms with Gasteiger partial charge in [0.2, 0.25) is 5.91 Å². The summed E-state index contributed by atoms with van der Waals surface area (Å²) in [6, 6.07) is 13.6. The highest BCUT2D eigenvalue weighted by atomic mass is 16.5. The van der Waals surface area contributed by atoms with Crippen LogP contribution in [0.4, 0.5) is 5.82 Å². The Bertz CT molecular complexity index is 1250. The smallest absolute Gasteiger partial charge is 0.228 e. The van der Waals surface area contributed by atoms with Crippen molar-refractivity contribution in [2.24, 2.45) is 5.92 Å². The van der Waals surface area contributed by atoms with Crippen molar-refractivity contribution in [3.05, 3.63) is 54.5 Å². The predicted octanol–water partition coefficient (Wildman–Crippen LogP) is 3.54. The SMILES string of the molecule is COc1cc2ncnc(-c3cc(C)nn3-c3ccccc3)c2nc1NC(=O)C1CC1. The highest BCUT2D eigenvalue weighted by Crippen LogP contribution is 2.34. The summed E-state index contributed by atoms with van der Waals surface area (Å²) in [5.74, 6) is 0.860. The molecule has 8 nitrogen and oxygen atoms in total. The predicted molar refractivity (Wildman–Crippen MR) is 113 cm³/mol. The molecule has 0 unspecified atom stereocenters. The summed E-state index contributed by atoms with van der Waals surface area (Å²) in [4.78, 5) is 25.9. The summed E-state index contributed by atoms with van der Waals surface area (Å²) < 4.78 is 7.28. The molecular weight excluding hydrogens is 380 g/mol. The number of carbonyl (C=O) groups is 1. The standard InChI is InChI=1S/C22H20N6O2/c1-13-10-17(28(27-13)15-6-4-3-5-7-15)20-19-16(23-12-24-20)11-18(30-2)21(25-19)26-22(29)14-8-9-14/h3-7,10-12,14H,8-9H2,1-2H3,(H,25,26,29). The Labute approximate surface area is 173 Å². The van der Waals surface area contributed by atoms with E-state index in [0.29, 0.717) is 28.3 Å². The van der Waals surface area contributed by atoms with Crippen LogP contribution in [0.2, 0.25) is 0 Å². The number of nitrogens with zero attached hydrogens (tertiary/aromatic N) is 5. The van der Waals surface area contributed by atoms with Crippen molar-refractivity contribution in [3.63, 3.8) is 0 Å². The van der Waals surface area contributed by atoms with E-state index in [1.807, 2.05) is 48.0 Å². The van der Waals surface area contributed by atoms with Gasteiger partial charge in [-0.1, -0.05) is 18.2 Å². The lowest BCUT2D eigenvalue weighted by Crippen LogP contribution is -2.15. The molecule has 0 spiro atoms. The number of hydrogen-bond donors (Lipinski definition) is 1. The van der Waals surface area contributed by atoms with Crippen LogP contribution in [0, 0.1) is 12.8 Å². The monoisotopic (exact) mass is 400 g/mol. The van der Waals surface area contributed by atoms with E-state index in [9.17, 15) is 4.79 Å². The molecule has 0 bridgehead atoms. The first-order chi connectivity index (χ1) is 14.6. The van der Waals surface area contributed by atoms with E-state index < -0.39 is 0 Å². The Morgan fingerprint density at radius 3 is 2.70 bits per heavy atom. The van der Waals surface area contributed by atoms with E-state index in [-0.39, 0.29) is 11.8 Å². The number of rotatable bonds is 5. The summed E-state index contributed by atoms with van der Waals surface area (Å²) in [5.41, 5.74) is 4.40. The average Bonchev–Trinajstić information content (AvgIpc) is 3.55. The number of anilines is 1. The van der Waals surface area contributed by atoms with E-state index in [0.717, 1.165) is 29.9 Å². The van der Waals surface area contributed by atoms with Crippen molar-refractivity contribution in [3.8, 4) is 22.8 Å². The van der Waals surface area contributed by atoms with Gasteiger partial charge in [-0.15, -0.1) is 0 Å². The van der Waals surface area contributed by atoms with Crippen LogP contribution in [0.5, 0.6) is 5.75 Å². The zero-order valence-electron chi connectivity index (χ0n) is 16.7. The molecule has 30 heavy (non-hydrogen) atoms. The van der Waals surface area contributed by atoms with Crippen LogP contribution in [0.15, 0.2) is 48.8 Å². The average molecular weight is 400 g/mol. The van der Waals surface area contributed by atoms with Gasteiger partial charge in [-0.3, -0.25) is 4.79 Å². The molecule has 1 saturated carbocycles. The number of pyridine rings is 1. The lowest BCUT2D eigenvalue weighted by molar-refractivity contribution is -0.117. The Kier molecular flexibility index (Phi) is 4.39. The zero-order chi connectivity index (χ0) is 20.7. The van der Waals surface area contributed by atoms with Gasteiger partial charge in [-0.05, 0) is 38.0 Å². The van der Waals surface area contributed by atoms with Gasteiger partial charge in [0.05, 0.1) is 29.7 Å². The summed E-state index contributed by atoms with van der Waals surface area (Å²) in [5, 5.41) is 7.53. The van der Waals surface area contributed by atoms with Crippen LogP contribution in [-0.2, 0) is 4.79 Å². The van der Waals surface area contributed by atoms with Gasteiger partial charge in [0.25, 0.3) is 0 Å². The van der Waals surface area contributed by atoms with Gasteiger partial charge in [0.1, 0.15) is 17.5 Å². The minimum Gasteiger partial charge on any atom is -0.493 e. The van der Waals surface area contributed by atoms with Crippen molar-refractivity contribution in [1.82, 2.24) is 24.7 Å². The topological polar surface area (TPSA) is 94.8 Å². The third-order valence-corrected chi connectivity index (χ3v) is 5.06. The molecule has 4 aromatic rings. The van der Waals surface area contributed by atoms with Crippen LogP contribution < -0.4 is 10.1 Å². The fourth-order valence-corrected chi connectivity index (χ4v) is 3.40. The molecule has 1 fully saturated rings. The molecular formula is C22H20N6O2. The molecule has 3 aromatic heterocycles. The molecule has 0 saturated heterocycles. The van der Waals surface area contributed by atoms with Crippen molar-refractivity contribution in [2.45, 2.75) is 19.8 Å². The van der Waals surface area contributed by atoms with E-state index in [2.05, 4.69) is 20.4 Å². The highest BCUT2D eigenvalue weighted by molar-refractivity contribution is 5.97. The molecule has 3 heterocycles. The minimum absolute atomic E-state index is 0.0382. The van der Waals surface area contributed by atoms with Gasteiger partial charge in [0.15, 0.2) is 11.6 Å². The largest absolute Gasteiger partial charge is 0.493 e. The number of nitrogens with one attached hydrogen (secondary N) is 1. The third-order valence-electron chi connectivity index (χ3n) is 5.06. The van der Waals surface area contributed by atoms with Crippen molar-refractivity contribution in [2.75, 3.05) is 12.4 Å². The molecule has 1 amide bonds. The quantitative estimate of drug-likeness (QED) is 0.551. The third kappa shape index (κ3) is 3.26. The number of aryl methyl sites for hydroxylation is 1. The molecule has 1 aromatic carbocycles. The molecule has 0 aliphatic heterocycles. The molecule has 1 aliphatic carbocycles. The number of benzene rings is 1. The van der Waals surface area contributed by atoms with Crippen LogP contribution in [0.1, 0.15) is 18.5 Å². The number of hydrogen-bond acceptors (Lipinski definition) is 6. The molecule has 8 heteroatoms. The number of ether oxygens (including phenoxy) is 1. The summed E-state index contributed by atoms with van der Waals surface area (Å²) in [7, 11) is 1.55. The van der Waals surface area contributed by atoms with Crippen LogP contribution in [0.25, 0.3) is 28.1 Å². The minimum atomic E-state index is -0.0382. The van der Waals surface area contributed by atoms with E-state index >= 15 is 0 Å². The number of aromatic nitrogens is 5. The Morgan fingerprint density at radius 2 is 1.97 bits per heavy atom. The first-order valence-electron chi connectivity index (χ1n) is 9.77. The van der Waals surface area contributed by atoms with E-state index in [1.54, 1.807) is 13.2 Å². The number of methoxy groups -OCH3 is 1. The van der Waals surface area contributed by atoms with Crippen LogP contribution in [0.3, 0.4) is 0 Å². The van der Waals surface area contributed by atoms with Gasteiger partial charge < -0.3 is 10.1 Å². The summed E-state index contributed by atoms with van der Waals surface area (Å²) in [6.45, 7) is 1.93. The Balaban J connectivity index is 1.68. The first kappa shape index (κ1) is 18.2. The fourth-order valence-electron chi connectivity index (χ4n) is 3.40. The van der Waals surface area contributed by atoms with E-state index in [4.69, 9.17) is 9.72 Å². The maximum Gasteiger partial charge on any atom is 0.228 e. The molecule has 0 atom stereocenters. The summed E-state index contributed by atoms with van der Waals surface area (Å²) >= 11 is 0. The second kappa shape index (κ2) is 7.22. The van der Waals surface area contributed by atoms with E-state index in [1.165, 1.54) is 6.33 Å². The lowest BCUT2D eigenvalue weighted by Gasteiger charge is -2.12. The number of carbonyl (C=O) groups excluding carboxylic acids is 1. The van der Waals surface area contributed by atoms with Gasteiger partial charge in [-0.25, -0.2) is 19.6 Å². The molecule has 1 aliphatic rings. The van der Waals surface area contributed by atoms with Gasteiger partial charge in [-0.2, -0.15) is 5.10 Å². The number of para-hydroxylation sites is 1. The molecule has 5 rings (SSSR count). The van der Waals surface area contributed by atoms with Crippen molar-refractivity contribution in [1.29, 1.82) is 0 Å². The highest BCUT2D eigenvalue weighted by Gasteiger charge is 2.30. The maximum absolute atomic E-state index is 12.3. The van der Waals surface area contributed by atoms with Crippen LogP contribution >= 0.6 is 0 Å². The van der Waals surface area contributed by atoms with Crippen molar-refractivity contribution < 1.29 is 9.53 Å². The Hall–Kier alpha value is -3.81. The second-order valence-electron chi connectivity index (χ2n) is 7.31. The van der Waals surface area contributed by atoms with Gasteiger partial charge in [0, 0.05) is 12.0 Å². The zero-order valence-corrected chi connectivity index (χ0v) is 16.7.